The number of carbonyl (C=O) groups excluding carboxylic acids is 1. The van der Waals surface area contributed by atoms with E-state index >= 15 is 0 Å². The van der Waals surface area contributed by atoms with Gasteiger partial charge in [0.25, 0.3) is 0 Å². The topological polar surface area (TPSA) is 100 Å². The molecule has 0 spiro atoms. The lowest BCUT2D eigenvalue weighted by atomic mass is 10.2. The van der Waals surface area contributed by atoms with Gasteiger partial charge in [0.05, 0.1) is 30.1 Å². The van der Waals surface area contributed by atoms with Crippen LogP contribution in [0.2, 0.25) is 0 Å². The number of fused-ring (bicyclic) bond motifs is 2. The zero-order valence-electron chi connectivity index (χ0n) is 17.1. The van der Waals surface area contributed by atoms with Gasteiger partial charge in [-0.1, -0.05) is 11.8 Å². The van der Waals surface area contributed by atoms with Gasteiger partial charge in [-0.3, -0.25) is 4.79 Å². The van der Waals surface area contributed by atoms with Crippen LogP contribution in [0.1, 0.15) is 0 Å². The van der Waals surface area contributed by atoms with Crippen molar-refractivity contribution in [1.82, 2.24) is 19.7 Å². The molecule has 0 atom stereocenters. The molecule has 1 N–H and O–H groups in total. The van der Waals surface area contributed by atoms with E-state index in [0.717, 1.165) is 16.8 Å². The average molecular weight is 449 g/mol. The van der Waals surface area contributed by atoms with Gasteiger partial charge in [0, 0.05) is 11.8 Å². The van der Waals surface area contributed by atoms with Crippen molar-refractivity contribution >= 4 is 34.4 Å². The van der Waals surface area contributed by atoms with Crippen LogP contribution in [-0.4, -0.2) is 51.7 Å². The normalized spacial score (nSPS) is 12.5. The number of nitrogens with zero attached hydrogens (tertiary/aromatic N) is 4. The summed E-state index contributed by atoms with van der Waals surface area (Å²) in [6.07, 6.45) is 3.19. The van der Waals surface area contributed by atoms with Gasteiger partial charge in [-0.25, -0.2) is 14.6 Å². The molecule has 10 heteroatoms. The van der Waals surface area contributed by atoms with E-state index in [9.17, 15) is 4.79 Å². The first-order chi connectivity index (χ1) is 15.7. The predicted molar refractivity (Wildman–Crippen MR) is 120 cm³/mol. The number of rotatable bonds is 6. The van der Waals surface area contributed by atoms with Gasteiger partial charge in [-0.15, -0.1) is 0 Å². The maximum absolute atomic E-state index is 12.5. The lowest BCUT2D eigenvalue weighted by Crippen LogP contribution is -2.17. The molecule has 0 radical (unpaired) electrons. The summed E-state index contributed by atoms with van der Waals surface area (Å²) < 4.78 is 18.0. The molecule has 0 fully saturated rings. The SMILES string of the molecule is COc1ccc(-n2ncc3c(SCC(=O)Nc4ccc5c(c4)OCCO5)ncnc32)cc1. The third-order valence-electron chi connectivity index (χ3n) is 4.81. The van der Waals surface area contributed by atoms with Crippen molar-refractivity contribution in [2.45, 2.75) is 5.03 Å². The maximum Gasteiger partial charge on any atom is 0.234 e. The summed E-state index contributed by atoms with van der Waals surface area (Å²) in [4.78, 5) is 21.2. The van der Waals surface area contributed by atoms with Crippen LogP contribution in [0.5, 0.6) is 17.2 Å². The van der Waals surface area contributed by atoms with Crippen molar-refractivity contribution in [1.29, 1.82) is 0 Å². The smallest absolute Gasteiger partial charge is 0.234 e. The van der Waals surface area contributed by atoms with E-state index in [2.05, 4.69) is 20.4 Å². The molecule has 0 saturated carbocycles. The Hall–Kier alpha value is -3.79. The second kappa shape index (κ2) is 8.75. The molecule has 0 unspecified atom stereocenters. The molecule has 2 aromatic heterocycles. The highest BCUT2D eigenvalue weighted by molar-refractivity contribution is 8.00. The van der Waals surface area contributed by atoms with Gasteiger partial charge in [-0.2, -0.15) is 5.10 Å². The Balaban J connectivity index is 1.29. The summed E-state index contributed by atoms with van der Waals surface area (Å²) in [5, 5.41) is 8.80. The summed E-state index contributed by atoms with van der Waals surface area (Å²) in [5.74, 6) is 2.11. The van der Waals surface area contributed by atoms with Gasteiger partial charge >= 0.3 is 0 Å². The van der Waals surface area contributed by atoms with E-state index < -0.39 is 0 Å². The monoisotopic (exact) mass is 449 g/mol. The molecule has 5 rings (SSSR count). The standard InChI is InChI=1S/C22H19N5O4S/c1-29-16-5-3-15(4-6-16)27-21-17(11-25-27)22(24-13-23-21)32-12-20(28)26-14-2-7-18-19(10-14)31-9-8-30-18/h2-7,10-11,13H,8-9,12H2,1H3,(H,26,28). The molecular weight excluding hydrogens is 430 g/mol. The minimum Gasteiger partial charge on any atom is -0.497 e. The van der Waals surface area contributed by atoms with Crippen molar-refractivity contribution in [2.24, 2.45) is 0 Å². The molecule has 162 valence electrons. The number of benzene rings is 2. The number of hydrogen-bond donors (Lipinski definition) is 1. The van der Waals surface area contributed by atoms with Crippen LogP contribution in [0.3, 0.4) is 0 Å². The molecule has 0 aliphatic carbocycles. The van der Waals surface area contributed by atoms with Crippen molar-refractivity contribution in [3.05, 3.63) is 55.0 Å². The van der Waals surface area contributed by atoms with Crippen LogP contribution in [0.4, 0.5) is 5.69 Å². The highest BCUT2D eigenvalue weighted by Crippen LogP contribution is 2.33. The first-order valence-corrected chi connectivity index (χ1v) is 10.9. The molecule has 3 heterocycles. The van der Waals surface area contributed by atoms with Gasteiger partial charge in [0.15, 0.2) is 17.1 Å². The van der Waals surface area contributed by atoms with E-state index in [4.69, 9.17) is 14.2 Å². The molecule has 0 saturated heterocycles. The predicted octanol–water partition coefficient (Wildman–Crippen LogP) is 3.33. The van der Waals surface area contributed by atoms with E-state index in [1.54, 1.807) is 36.2 Å². The van der Waals surface area contributed by atoms with E-state index in [1.165, 1.54) is 18.1 Å². The fraction of sp³-hybridized carbons (Fsp3) is 0.182. The number of ether oxygens (including phenoxy) is 3. The van der Waals surface area contributed by atoms with Crippen LogP contribution in [0.15, 0.2) is 60.0 Å². The minimum atomic E-state index is -0.152. The van der Waals surface area contributed by atoms with Gasteiger partial charge < -0.3 is 19.5 Å². The maximum atomic E-state index is 12.5. The Morgan fingerprint density at radius 3 is 2.75 bits per heavy atom. The largest absolute Gasteiger partial charge is 0.497 e. The third kappa shape index (κ3) is 4.04. The summed E-state index contributed by atoms with van der Waals surface area (Å²) in [6.45, 7) is 1.02. The summed E-state index contributed by atoms with van der Waals surface area (Å²) in [5.41, 5.74) is 2.17. The summed E-state index contributed by atoms with van der Waals surface area (Å²) in [7, 11) is 1.62. The minimum absolute atomic E-state index is 0.152. The molecule has 9 nitrogen and oxygen atoms in total. The van der Waals surface area contributed by atoms with Crippen molar-refractivity contribution in [2.75, 3.05) is 31.4 Å². The molecule has 32 heavy (non-hydrogen) atoms. The van der Waals surface area contributed by atoms with Gasteiger partial charge in [-0.05, 0) is 36.4 Å². The van der Waals surface area contributed by atoms with Crippen molar-refractivity contribution < 1.29 is 19.0 Å². The van der Waals surface area contributed by atoms with E-state index in [-0.39, 0.29) is 11.7 Å². The van der Waals surface area contributed by atoms with Crippen molar-refractivity contribution in [3.63, 3.8) is 0 Å². The summed E-state index contributed by atoms with van der Waals surface area (Å²) >= 11 is 1.33. The molecule has 2 aromatic carbocycles. The summed E-state index contributed by atoms with van der Waals surface area (Å²) in [6, 6.07) is 12.9. The average Bonchev–Trinajstić information content (AvgIpc) is 3.27. The molecule has 4 aromatic rings. The fourth-order valence-corrected chi connectivity index (χ4v) is 4.06. The number of nitrogens with one attached hydrogen (secondary N) is 1. The Bertz CT molecular complexity index is 1280. The second-order valence-electron chi connectivity index (χ2n) is 6.87. The van der Waals surface area contributed by atoms with Crippen LogP contribution in [0.25, 0.3) is 16.7 Å². The van der Waals surface area contributed by atoms with Crippen LogP contribution >= 0.6 is 11.8 Å². The highest BCUT2D eigenvalue weighted by Gasteiger charge is 2.15. The van der Waals surface area contributed by atoms with Crippen molar-refractivity contribution in [3.8, 4) is 22.9 Å². The van der Waals surface area contributed by atoms with Crippen LogP contribution < -0.4 is 19.5 Å². The Morgan fingerprint density at radius 1 is 1.12 bits per heavy atom. The quantitative estimate of drug-likeness (QED) is 0.353. The van der Waals surface area contributed by atoms with Gasteiger partial charge in [0.1, 0.15) is 30.3 Å². The lowest BCUT2D eigenvalue weighted by Gasteiger charge is -2.19. The lowest BCUT2D eigenvalue weighted by molar-refractivity contribution is -0.113. The number of aromatic nitrogens is 4. The number of hydrogen-bond acceptors (Lipinski definition) is 8. The Kier molecular flexibility index (Phi) is 5.51. The molecule has 0 bridgehead atoms. The third-order valence-corrected chi connectivity index (χ3v) is 5.82. The first-order valence-electron chi connectivity index (χ1n) is 9.87. The molecule has 1 aliphatic rings. The Labute approximate surface area is 187 Å². The molecular formula is C22H19N5O4S. The zero-order chi connectivity index (χ0) is 21.9. The van der Waals surface area contributed by atoms with Crippen LogP contribution in [0, 0.1) is 0 Å². The number of amides is 1. The first kappa shape index (κ1) is 20.1. The number of methoxy groups -OCH3 is 1. The highest BCUT2D eigenvalue weighted by atomic mass is 32.2. The van der Waals surface area contributed by atoms with Crippen LogP contribution in [-0.2, 0) is 4.79 Å². The zero-order valence-corrected chi connectivity index (χ0v) is 18.0. The fourth-order valence-electron chi connectivity index (χ4n) is 3.30. The van der Waals surface area contributed by atoms with Gasteiger partial charge in [0.2, 0.25) is 5.91 Å². The number of carbonyl (C=O) groups is 1. The number of thioether (sulfide) groups is 1. The Morgan fingerprint density at radius 2 is 1.94 bits per heavy atom. The molecule has 1 aliphatic heterocycles. The second-order valence-corrected chi connectivity index (χ2v) is 7.83. The van der Waals surface area contributed by atoms with E-state index in [0.29, 0.717) is 41.1 Å². The number of anilines is 1. The molecule has 1 amide bonds. The van der Waals surface area contributed by atoms with E-state index in [1.807, 2.05) is 24.3 Å².